The second-order valence-electron chi connectivity index (χ2n) is 5.03. The number of methoxy groups -OCH3 is 1. The lowest BCUT2D eigenvalue weighted by atomic mass is 10.2. The lowest BCUT2D eigenvalue weighted by Gasteiger charge is -2.06. The number of hydrogen-bond acceptors (Lipinski definition) is 4. The molecule has 2 aromatic rings. The zero-order valence-corrected chi connectivity index (χ0v) is 12.2. The summed E-state index contributed by atoms with van der Waals surface area (Å²) in [5.74, 6) is 0. The Morgan fingerprint density at radius 2 is 2.35 bits per heavy atom. The van der Waals surface area contributed by atoms with Gasteiger partial charge in [0.2, 0.25) is 0 Å². The molecule has 0 bridgehead atoms. The molecule has 5 nitrogen and oxygen atoms in total. The van der Waals surface area contributed by atoms with Crippen molar-refractivity contribution >= 4 is 11.0 Å². The smallest absolute Gasteiger partial charge is 0.140 e. The molecule has 0 radical (unpaired) electrons. The van der Waals surface area contributed by atoms with Crippen LogP contribution in [0, 0.1) is 0 Å². The fourth-order valence-corrected chi connectivity index (χ4v) is 2.23. The maximum Gasteiger partial charge on any atom is 0.140 e. The van der Waals surface area contributed by atoms with Gasteiger partial charge in [0, 0.05) is 44.5 Å². The first-order valence-electron chi connectivity index (χ1n) is 7.03. The molecule has 5 heteroatoms. The van der Waals surface area contributed by atoms with E-state index in [0.717, 1.165) is 31.7 Å². The Balaban J connectivity index is 2.13. The summed E-state index contributed by atoms with van der Waals surface area (Å²) in [5, 5.41) is 14.0. The Hall–Kier alpha value is -1.43. The van der Waals surface area contributed by atoms with Crippen molar-refractivity contribution < 1.29 is 9.84 Å². The molecule has 0 aliphatic rings. The van der Waals surface area contributed by atoms with Crippen LogP contribution < -0.4 is 5.32 Å². The number of ether oxygens (including phenoxy) is 1. The molecule has 0 spiro atoms. The van der Waals surface area contributed by atoms with Crippen molar-refractivity contribution in [1.82, 2.24) is 14.9 Å². The Morgan fingerprint density at radius 3 is 3.10 bits per heavy atom. The summed E-state index contributed by atoms with van der Waals surface area (Å²) in [4.78, 5) is 4.45. The average molecular weight is 277 g/mol. The maximum absolute atomic E-state index is 9.43. The van der Waals surface area contributed by atoms with Gasteiger partial charge in [-0.1, -0.05) is 0 Å². The lowest BCUT2D eigenvalue weighted by Crippen LogP contribution is -2.18. The molecule has 1 atom stereocenters. The van der Waals surface area contributed by atoms with Gasteiger partial charge in [0.25, 0.3) is 0 Å². The highest BCUT2D eigenvalue weighted by molar-refractivity contribution is 5.80. The molecule has 2 heterocycles. The SMILES string of the molecule is COCCNCc1cn(CCC(C)O)c2ncccc12. The van der Waals surface area contributed by atoms with Crippen LogP contribution in [0.4, 0.5) is 0 Å². The summed E-state index contributed by atoms with van der Waals surface area (Å²) in [6.45, 7) is 4.93. The van der Waals surface area contributed by atoms with E-state index in [9.17, 15) is 5.11 Å². The van der Waals surface area contributed by atoms with Crippen molar-refractivity contribution in [1.29, 1.82) is 0 Å². The van der Waals surface area contributed by atoms with E-state index < -0.39 is 0 Å². The molecule has 0 aliphatic heterocycles. The molecular weight excluding hydrogens is 254 g/mol. The van der Waals surface area contributed by atoms with Crippen LogP contribution in [0.25, 0.3) is 11.0 Å². The van der Waals surface area contributed by atoms with E-state index in [1.807, 2.05) is 19.2 Å². The highest BCUT2D eigenvalue weighted by Gasteiger charge is 2.09. The quantitative estimate of drug-likeness (QED) is 0.719. The van der Waals surface area contributed by atoms with Crippen LogP contribution in [0.2, 0.25) is 0 Å². The Labute approximate surface area is 119 Å². The maximum atomic E-state index is 9.43. The standard InChI is InChI=1S/C15H23N3O2/c1-12(19)5-8-18-11-13(10-16-7-9-20-2)14-4-3-6-17-15(14)18/h3-4,6,11-12,16,19H,5,7-10H2,1-2H3. The van der Waals surface area contributed by atoms with Gasteiger partial charge in [-0.05, 0) is 31.0 Å². The molecule has 0 fully saturated rings. The minimum Gasteiger partial charge on any atom is -0.393 e. The average Bonchev–Trinajstić information content (AvgIpc) is 2.80. The van der Waals surface area contributed by atoms with E-state index in [0.29, 0.717) is 6.61 Å². The number of fused-ring (bicyclic) bond motifs is 1. The predicted octanol–water partition coefficient (Wildman–Crippen LogP) is 1.54. The molecule has 0 amide bonds. The van der Waals surface area contributed by atoms with Crippen LogP contribution in [0.5, 0.6) is 0 Å². The molecule has 110 valence electrons. The molecular formula is C15H23N3O2. The van der Waals surface area contributed by atoms with Gasteiger partial charge in [-0.25, -0.2) is 4.98 Å². The van der Waals surface area contributed by atoms with Crippen molar-refractivity contribution in [3.8, 4) is 0 Å². The summed E-state index contributed by atoms with van der Waals surface area (Å²) in [7, 11) is 1.70. The van der Waals surface area contributed by atoms with Gasteiger partial charge >= 0.3 is 0 Å². The number of nitrogens with zero attached hydrogens (tertiary/aromatic N) is 2. The lowest BCUT2D eigenvalue weighted by molar-refractivity contribution is 0.178. The van der Waals surface area contributed by atoms with Gasteiger partial charge in [-0.3, -0.25) is 0 Å². The van der Waals surface area contributed by atoms with Crippen molar-refractivity contribution in [2.75, 3.05) is 20.3 Å². The van der Waals surface area contributed by atoms with Gasteiger partial charge in [0.1, 0.15) is 5.65 Å². The first-order chi connectivity index (χ1) is 9.72. The third-order valence-electron chi connectivity index (χ3n) is 3.30. The number of hydrogen-bond donors (Lipinski definition) is 2. The molecule has 20 heavy (non-hydrogen) atoms. The summed E-state index contributed by atoms with van der Waals surface area (Å²) >= 11 is 0. The van der Waals surface area contributed by atoms with Crippen molar-refractivity contribution in [2.45, 2.75) is 32.5 Å². The zero-order valence-electron chi connectivity index (χ0n) is 12.2. The summed E-state index contributed by atoms with van der Waals surface area (Å²) in [6, 6.07) is 4.05. The van der Waals surface area contributed by atoms with E-state index in [2.05, 4.69) is 27.1 Å². The number of aliphatic hydroxyl groups is 1. The third kappa shape index (κ3) is 3.79. The predicted molar refractivity (Wildman–Crippen MR) is 79.6 cm³/mol. The fraction of sp³-hybridized carbons (Fsp3) is 0.533. The molecule has 1 unspecified atom stereocenters. The highest BCUT2D eigenvalue weighted by Crippen LogP contribution is 2.19. The number of pyridine rings is 1. The van der Waals surface area contributed by atoms with Gasteiger partial charge in [0.05, 0.1) is 12.7 Å². The van der Waals surface area contributed by atoms with E-state index in [1.165, 1.54) is 10.9 Å². The number of aryl methyl sites for hydroxylation is 1. The largest absolute Gasteiger partial charge is 0.393 e. The fourth-order valence-electron chi connectivity index (χ4n) is 2.23. The van der Waals surface area contributed by atoms with Crippen LogP contribution in [-0.4, -0.2) is 41.0 Å². The summed E-state index contributed by atoms with van der Waals surface area (Å²) in [6.07, 6.45) is 4.37. The molecule has 2 aromatic heterocycles. The molecule has 0 saturated carbocycles. The molecule has 2 rings (SSSR count). The summed E-state index contributed by atoms with van der Waals surface area (Å²) < 4.78 is 7.15. The van der Waals surface area contributed by atoms with Gasteiger partial charge in [-0.2, -0.15) is 0 Å². The van der Waals surface area contributed by atoms with Gasteiger partial charge in [0.15, 0.2) is 0 Å². The Morgan fingerprint density at radius 1 is 1.50 bits per heavy atom. The molecule has 0 saturated heterocycles. The van der Waals surface area contributed by atoms with Crippen molar-refractivity contribution in [3.63, 3.8) is 0 Å². The topological polar surface area (TPSA) is 59.3 Å². The van der Waals surface area contributed by atoms with Gasteiger partial charge < -0.3 is 19.7 Å². The zero-order chi connectivity index (χ0) is 14.4. The second kappa shape index (κ2) is 7.38. The first kappa shape index (κ1) is 15.0. The van der Waals surface area contributed by atoms with Crippen LogP contribution in [0.1, 0.15) is 18.9 Å². The molecule has 2 N–H and O–H groups in total. The normalized spacial score (nSPS) is 12.9. The monoisotopic (exact) mass is 277 g/mol. The number of nitrogens with one attached hydrogen (secondary N) is 1. The number of aliphatic hydroxyl groups excluding tert-OH is 1. The highest BCUT2D eigenvalue weighted by atomic mass is 16.5. The minimum absolute atomic E-state index is 0.292. The van der Waals surface area contributed by atoms with Crippen LogP contribution in [-0.2, 0) is 17.8 Å². The third-order valence-corrected chi connectivity index (χ3v) is 3.30. The van der Waals surface area contributed by atoms with Crippen LogP contribution >= 0.6 is 0 Å². The van der Waals surface area contributed by atoms with Crippen molar-refractivity contribution in [3.05, 3.63) is 30.1 Å². The molecule has 0 aromatic carbocycles. The van der Waals surface area contributed by atoms with Gasteiger partial charge in [-0.15, -0.1) is 0 Å². The summed E-state index contributed by atoms with van der Waals surface area (Å²) in [5.41, 5.74) is 2.21. The number of rotatable bonds is 8. The number of aromatic nitrogens is 2. The van der Waals surface area contributed by atoms with E-state index in [1.54, 1.807) is 7.11 Å². The van der Waals surface area contributed by atoms with E-state index >= 15 is 0 Å². The minimum atomic E-state index is -0.292. The van der Waals surface area contributed by atoms with Crippen molar-refractivity contribution in [2.24, 2.45) is 0 Å². The molecule has 0 aliphatic carbocycles. The van der Waals surface area contributed by atoms with Crippen LogP contribution in [0.15, 0.2) is 24.5 Å². The van der Waals surface area contributed by atoms with E-state index in [-0.39, 0.29) is 6.10 Å². The Bertz CT molecular complexity index is 537. The van der Waals surface area contributed by atoms with E-state index in [4.69, 9.17) is 4.74 Å². The first-order valence-corrected chi connectivity index (χ1v) is 7.03. The van der Waals surface area contributed by atoms with Crippen LogP contribution in [0.3, 0.4) is 0 Å². The second-order valence-corrected chi connectivity index (χ2v) is 5.03. The Kier molecular flexibility index (Phi) is 5.52.